The van der Waals surface area contributed by atoms with Gasteiger partial charge < -0.3 is 5.11 Å². The summed E-state index contributed by atoms with van der Waals surface area (Å²) in [6.07, 6.45) is -2.21. The van der Waals surface area contributed by atoms with Crippen molar-refractivity contribution >= 4 is 22.6 Å². The predicted octanol–water partition coefficient (Wildman–Crippen LogP) is 2.26. The van der Waals surface area contributed by atoms with E-state index in [-0.39, 0.29) is 9.26 Å². The number of aliphatic hydroxyl groups is 1. The minimum absolute atomic E-state index is 0.143. The molecular formula is C7H5F3INO. The molecule has 1 rings (SSSR count). The Morgan fingerprint density at radius 1 is 1.54 bits per heavy atom. The van der Waals surface area contributed by atoms with E-state index in [9.17, 15) is 13.2 Å². The lowest BCUT2D eigenvalue weighted by atomic mass is 10.1. The zero-order valence-corrected chi connectivity index (χ0v) is 8.43. The van der Waals surface area contributed by atoms with Crippen LogP contribution in [0.25, 0.3) is 0 Å². The molecule has 0 aromatic carbocycles. The van der Waals surface area contributed by atoms with Crippen LogP contribution in [0.3, 0.4) is 0 Å². The van der Waals surface area contributed by atoms with Crippen molar-refractivity contribution in [3.63, 3.8) is 0 Å². The van der Waals surface area contributed by atoms with Crippen molar-refractivity contribution in [2.75, 3.05) is 0 Å². The van der Waals surface area contributed by atoms with Crippen molar-refractivity contribution in [1.29, 1.82) is 0 Å². The van der Waals surface area contributed by atoms with Crippen LogP contribution in [0.5, 0.6) is 0 Å². The Balaban J connectivity index is 3.35. The molecule has 1 aromatic rings. The molecular weight excluding hydrogens is 298 g/mol. The van der Waals surface area contributed by atoms with Crippen molar-refractivity contribution < 1.29 is 18.3 Å². The maximum Gasteiger partial charge on any atom is 0.267 e. The number of aromatic nitrogens is 1. The maximum absolute atomic E-state index is 12.8. The van der Waals surface area contributed by atoms with Crippen molar-refractivity contribution in [2.24, 2.45) is 0 Å². The first kappa shape index (κ1) is 10.7. The summed E-state index contributed by atoms with van der Waals surface area (Å²) in [5.74, 6) is -1.08. The summed E-state index contributed by atoms with van der Waals surface area (Å²) >= 11 is 1.66. The van der Waals surface area contributed by atoms with Crippen LogP contribution in [0.4, 0.5) is 13.2 Å². The SMILES string of the molecule is OCc1c(I)ncc(F)c1C(F)F. The lowest BCUT2D eigenvalue weighted by Gasteiger charge is -2.08. The maximum atomic E-state index is 12.8. The van der Waals surface area contributed by atoms with Gasteiger partial charge in [0.1, 0.15) is 3.70 Å². The highest BCUT2D eigenvalue weighted by Gasteiger charge is 2.20. The number of nitrogens with zero attached hydrogens (tertiary/aromatic N) is 1. The van der Waals surface area contributed by atoms with Gasteiger partial charge in [0.2, 0.25) is 0 Å². The molecule has 13 heavy (non-hydrogen) atoms. The van der Waals surface area contributed by atoms with Gasteiger partial charge in [-0.25, -0.2) is 18.2 Å². The highest BCUT2D eigenvalue weighted by molar-refractivity contribution is 14.1. The quantitative estimate of drug-likeness (QED) is 0.671. The molecule has 0 aliphatic rings. The van der Waals surface area contributed by atoms with Crippen molar-refractivity contribution in [1.82, 2.24) is 4.98 Å². The monoisotopic (exact) mass is 303 g/mol. The number of alkyl halides is 2. The fourth-order valence-corrected chi connectivity index (χ4v) is 1.50. The lowest BCUT2D eigenvalue weighted by Crippen LogP contribution is -2.03. The molecule has 0 bridgehead atoms. The van der Waals surface area contributed by atoms with Crippen LogP contribution in [0.1, 0.15) is 17.6 Å². The number of halogens is 4. The molecule has 2 nitrogen and oxygen atoms in total. The second kappa shape index (κ2) is 4.23. The van der Waals surface area contributed by atoms with Crippen LogP contribution in [-0.2, 0) is 6.61 Å². The van der Waals surface area contributed by atoms with Gasteiger partial charge >= 0.3 is 0 Å². The summed E-state index contributed by atoms with van der Waals surface area (Å²) in [7, 11) is 0. The molecule has 6 heteroatoms. The number of pyridine rings is 1. The van der Waals surface area contributed by atoms with Gasteiger partial charge in [-0.15, -0.1) is 0 Å². The number of hydrogen-bond acceptors (Lipinski definition) is 2. The Morgan fingerprint density at radius 2 is 2.15 bits per heavy atom. The van der Waals surface area contributed by atoms with Gasteiger partial charge in [0.15, 0.2) is 5.82 Å². The zero-order chi connectivity index (χ0) is 10.0. The molecule has 0 atom stereocenters. The Kier molecular flexibility index (Phi) is 3.48. The van der Waals surface area contributed by atoms with E-state index in [0.29, 0.717) is 0 Å². The van der Waals surface area contributed by atoms with Gasteiger partial charge in [0, 0.05) is 5.56 Å². The Morgan fingerprint density at radius 3 is 2.54 bits per heavy atom. The first-order valence-electron chi connectivity index (χ1n) is 3.29. The van der Waals surface area contributed by atoms with E-state index in [1.807, 2.05) is 0 Å². The van der Waals surface area contributed by atoms with Gasteiger partial charge in [0.05, 0.1) is 18.4 Å². The van der Waals surface area contributed by atoms with Crippen molar-refractivity contribution in [3.05, 3.63) is 26.8 Å². The Labute approximate surface area is 85.9 Å². The van der Waals surface area contributed by atoms with E-state index in [1.54, 1.807) is 22.6 Å². The normalized spacial score (nSPS) is 10.9. The minimum Gasteiger partial charge on any atom is -0.392 e. The second-order valence-corrected chi connectivity index (χ2v) is 3.27. The third-order valence-corrected chi connectivity index (χ3v) is 2.43. The minimum atomic E-state index is -2.93. The van der Waals surface area contributed by atoms with E-state index in [0.717, 1.165) is 6.20 Å². The lowest BCUT2D eigenvalue weighted by molar-refractivity contribution is 0.141. The van der Waals surface area contributed by atoms with Crippen LogP contribution >= 0.6 is 22.6 Å². The molecule has 0 aliphatic heterocycles. The molecule has 0 spiro atoms. The van der Waals surface area contributed by atoms with Gasteiger partial charge in [-0.3, -0.25) is 0 Å². The van der Waals surface area contributed by atoms with E-state index in [2.05, 4.69) is 4.98 Å². The molecule has 0 amide bonds. The molecule has 0 saturated heterocycles. The fourth-order valence-electron chi connectivity index (χ4n) is 0.902. The first-order valence-corrected chi connectivity index (χ1v) is 4.37. The highest BCUT2D eigenvalue weighted by Crippen LogP contribution is 2.27. The summed E-state index contributed by atoms with van der Waals surface area (Å²) in [5.41, 5.74) is -0.905. The van der Waals surface area contributed by atoms with Gasteiger partial charge in [-0.2, -0.15) is 0 Å². The van der Waals surface area contributed by atoms with E-state index in [4.69, 9.17) is 5.11 Å². The van der Waals surface area contributed by atoms with E-state index < -0.39 is 24.4 Å². The summed E-state index contributed by atoms with van der Waals surface area (Å²) in [5, 5.41) is 8.73. The van der Waals surface area contributed by atoms with Crippen LogP contribution in [-0.4, -0.2) is 10.1 Å². The van der Waals surface area contributed by atoms with Gasteiger partial charge in [-0.05, 0) is 22.6 Å². The molecule has 0 saturated carbocycles. The zero-order valence-electron chi connectivity index (χ0n) is 6.27. The topological polar surface area (TPSA) is 33.1 Å². The molecule has 0 radical (unpaired) electrons. The standard InChI is InChI=1S/C7H5F3INO/c8-4-1-12-7(11)3(2-13)5(4)6(9)10/h1,6,13H,2H2. The average molecular weight is 303 g/mol. The Bertz CT molecular complexity index is 319. The Hall–Kier alpha value is -0.370. The predicted molar refractivity (Wildman–Crippen MR) is 47.8 cm³/mol. The number of aliphatic hydroxyl groups excluding tert-OH is 1. The molecule has 0 unspecified atom stereocenters. The van der Waals surface area contributed by atoms with Crippen LogP contribution in [0.15, 0.2) is 6.20 Å². The summed E-state index contributed by atoms with van der Waals surface area (Å²) in [4.78, 5) is 3.51. The van der Waals surface area contributed by atoms with Crippen molar-refractivity contribution in [2.45, 2.75) is 13.0 Å². The number of hydrogen-bond donors (Lipinski definition) is 1. The molecule has 72 valence electrons. The highest BCUT2D eigenvalue weighted by atomic mass is 127. The van der Waals surface area contributed by atoms with E-state index in [1.165, 1.54) is 0 Å². The largest absolute Gasteiger partial charge is 0.392 e. The third-order valence-electron chi connectivity index (χ3n) is 1.50. The second-order valence-electron chi connectivity index (χ2n) is 2.25. The van der Waals surface area contributed by atoms with Crippen LogP contribution in [0.2, 0.25) is 0 Å². The van der Waals surface area contributed by atoms with E-state index >= 15 is 0 Å². The summed E-state index contributed by atoms with van der Waals surface area (Å²) < 4.78 is 37.5. The molecule has 1 heterocycles. The smallest absolute Gasteiger partial charge is 0.267 e. The number of rotatable bonds is 2. The summed E-state index contributed by atoms with van der Waals surface area (Å²) in [6, 6.07) is 0. The fraction of sp³-hybridized carbons (Fsp3) is 0.286. The van der Waals surface area contributed by atoms with Crippen LogP contribution in [0, 0.1) is 9.52 Å². The molecule has 0 aliphatic carbocycles. The summed E-state index contributed by atoms with van der Waals surface area (Å²) in [6.45, 7) is -0.636. The van der Waals surface area contributed by atoms with Gasteiger partial charge in [-0.1, -0.05) is 0 Å². The van der Waals surface area contributed by atoms with Crippen molar-refractivity contribution in [3.8, 4) is 0 Å². The molecule has 1 N–H and O–H groups in total. The van der Waals surface area contributed by atoms with Crippen LogP contribution < -0.4 is 0 Å². The average Bonchev–Trinajstić information content (AvgIpc) is 2.07. The third kappa shape index (κ3) is 2.11. The first-order chi connectivity index (χ1) is 6.07. The molecule has 1 aromatic heterocycles. The molecule has 0 fully saturated rings. The van der Waals surface area contributed by atoms with Gasteiger partial charge in [0.25, 0.3) is 6.43 Å².